The second-order valence-electron chi connectivity index (χ2n) is 5.56. The third-order valence-electron chi connectivity index (χ3n) is 3.88. The molecule has 0 aromatic carbocycles. The van der Waals surface area contributed by atoms with Crippen LogP contribution in [0.4, 0.5) is 5.82 Å². The minimum atomic E-state index is -0.356. The van der Waals surface area contributed by atoms with Gasteiger partial charge in [-0.1, -0.05) is 18.5 Å². The Bertz CT molecular complexity index is 879. The number of aromatic amines is 1. The Kier molecular flexibility index (Phi) is 3.70. The number of H-pyrrole nitrogens is 1. The molecule has 0 saturated carbocycles. The maximum absolute atomic E-state index is 9.60. The highest BCUT2D eigenvalue weighted by Crippen LogP contribution is 2.37. The van der Waals surface area contributed by atoms with Gasteiger partial charge in [-0.15, -0.1) is 0 Å². The van der Waals surface area contributed by atoms with Gasteiger partial charge in [0, 0.05) is 18.8 Å². The summed E-state index contributed by atoms with van der Waals surface area (Å²) in [7, 11) is 0. The van der Waals surface area contributed by atoms with Gasteiger partial charge in [-0.3, -0.25) is 0 Å². The van der Waals surface area contributed by atoms with Gasteiger partial charge >= 0.3 is 6.01 Å². The summed E-state index contributed by atoms with van der Waals surface area (Å²) in [5.74, 6) is 1.10. The summed E-state index contributed by atoms with van der Waals surface area (Å²) in [6.45, 7) is 3.02. The molecule has 4 rings (SSSR count). The third kappa shape index (κ3) is 2.53. The van der Waals surface area contributed by atoms with Gasteiger partial charge in [0.1, 0.15) is 17.8 Å². The van der Waals surface area contributed by atoms with Gasteiger partial charge in [-0.25, -0.2) is 9.97 Å². The fourth-order valence-electron chi connectivity index (χ4n) is 2.66. The zero-order chi connectivity index (χ0) is 16.7. The van der Waals surface area contributed by atoms with Crippen LogP contribution >= 0.6 is 11.6 Å². The highest BCUT2D eigenvalue weighted by molar-refractivity contribution is 6.37. The normalized spacial score (nSPS) is 14.9. The van der Waals surface area contributed by atoms with E-state index in [1.807, 2.05) is 11.8 Å². The molecule has 1 aliphatic heterocycles. The van der Waals surface area contributed by atoms with E-state index in [4.69, 9.17) is 16.3 Å². The summed E-state index contributed by atoms with van der Waals surface area (Å²) in [5.41, 5.74) is 1.50. The number of rotatable bonds is 4. The SMILES string of the molecule is CCc1[nH]c2nc(Oc3cncnc3)nc(N3CC(O)C3)c2c1Cl. The molecular formula is C15H15ClN6O2. The summed E-state index contributed by atoms with van der Waals surface area (Å²) >= 11 is 6.48. The first-order valence-corrected chi connectivity index (χ1v) is 7.97. The van der Waals surface area contributed by atoms with Crippen molar-refractivity contribution in [2.45, 2.75) is 19.4 Å². The van der Waals surface area contributed by atoms with E-state index in [1.165, 1.54) is 18.7 Å². The highest BCUT2D eigenvalue weighted by atomic mass is 35.5. The van der Waals surface area contributed by atoms with Crippen LogP contribution in [0.2, 0.25) is 5.02 Å². The molecule has 1 aliphatic rings. The van der Waals surface area contributed by atoms with Gasteiger partial charge in [0.15, 0.2) is 5.75 Å². The Labute approximate surface area is 142 Å². The van der Waals surface area contributed by atoms with Gasteiger partial charge in [-0.2, -0.15) is 9.97 Å². The first kappa shape index (κ1) is 15.1. The topological polar surface area (TPSA) is 100 Å². The molecule has 4 heterocycles. The summed E-state index contributed by atoms with van der Waals surface area (Å²) in [6, 6.07) is 0.175. The number of aryl methyl sites for hydroxylation is 1. The first-order chi connectivity index (χ1) is 11.7. The van der Waals surface area contributed by atoms with Gasteiger partial charge in [0.2, 0.25) is 0 Å². The predicted octanol–water partition coefficient (Wildman–Crippen LogP) is 1.94. The number of hydrogen-bond acceptors (Lipinski definition) is 7. The van der Waals surface area contributed by atoms with Gasteiger partial charge in [-0.05, 0) is 6.42 Å². The molecule has 3 aromatic rings. The van der Waals surface area contributed by atoms with Crippen molar-refractivity contribution in [2.75, 3.05) is 18.0 Å². The number of anilines is 1. The molecule has 0 unspecified atom stereocenters. The maximum Gasteiger partial charge on any atom is 0.326 e. The van der Waals surface area contributed by atoms with Crippen molar-refractivity contribution in [3.63, 3.8) is 0 Å². The minimum Gasteiger partial charge on any atom is -0.421 e. The quantitative estimate of drug-likeness (QED) is 0.744. The van der Waals surface area contributed by atoms with Crippen molar-refractivity contribution in [1.82, 2.24) is 24.9 Å². The largest absolute Gasteiger partial charge is 0.421 e. The average molecular weight is 347 g/mol. The first-order valence-electron chi connectivity index (χ1n) is 7.59. The number of aliphatic hydroxyl groups is 1. The van der Waals surface area contributed by atoms with Crippen LogP contribution in [-0.2, 0) is 6.42 Å². The number of fused-ring (bicyclic) bond motifs is 1. The number of aliphatic hydroxyl groups excluding tert-OH is 1. The van der Waals surface area contributed by atoms with Crippen LogP contribution in [0, 0.1) is 0 Å². The predicted molar refractivity (Wildman–Crippen MR) is 88.6 cm³/mol. The summed E-state index contributed by atoms with van der Waals surface area (Å²) < 4.78 is 5.66. The van der Waals surface area contributed by atoms with E-state index in [2.05, 4.69) is 24.9 Å². The Morgan fingerprint density at radius 3 is 2.75 bits per heavy atom. The molecule has 0 spiro atoms. The molecule has 24 heavy (non-hydrogen) atoms. The van der Waals surface area contributed by atoms with E-state index in [0.29, 0.717) is 35.3 Å². The molecular weight excluding hydrogens is 332 g/mol. The molecule has 2 N–H and O–H groups in total. The Morgan fingerprint density at radius 1 is 1.33 bits per heavy atom. The Balaban J connectivity index is 1.81. The van der Waals surface area contributed by atoms with Crippen LogP contribution in [-0.4, -0.2) is 49.2 Å². The fraction of sp³-hybridized carbons (Fsp3) is 0.333. The van der Waals surface area contributed by atoms with Crippen molar-refractivity contribution in [3.8, 4) is 11.8 Å². The lowest BCUT2D eigenvalue weighted by Crippen LogP contribution is -2.51. The molecule has 124 valence electrons. The molecule has 8 nitrogen and oxygen atoms in total. The van der Waals surface area contributed by atoms with Crippen molar-refractivity contribution in [3.05, 3.63) is 29.4 Å². The lowest BCUT2D eigenvalue weighted by atomic mass is 10.1. The number of aromatic nitrogens is 5. The molecule has 3 aromatic heterocycles. The molecule has 1 fully saturated rings. The molecule has 1 saturated heterocycles. The van der Waals surface area contributed by atoms with Crippen LogP contribution in [0.1, 0.15) is 12.6 Å². The number of nitrogens with one attached hydrogen (secondary N) is 1. The number of hydrogen-bond donors (Lipinski definition) is 2. The van der Waals surface area contributed by atoms with Crippen LogP contribution in [0.5, 0.6) is 11.8 Å². The van der Waals surface area contributed by atoms with Crippen molar-refractivity contribution < 1.29 is 9.84 Å². The van der Waals surface area contributed by atoms with E-state index in [1.54, 1.807) is 0 Å². The average Bonchev–Trinajstić information content (AvgIpc) is 2.88. The summed E-state index contributed by atoms with van der Waals surface area (Å²) in [6.07, 6.45) is 4.88. The Hall–Kier alpha value is -2.45. The minimum absolute atomic E-state index is 0.175. The monoisotopic (exact) mass is 346 g/mol. The lowest BCUT2D eigenvalue weighted by molar-refractivity contribution is 0.141. The van der Waals surface area contributed by atoms with Crippen LogP contribution in [0.25, 0.3) is 11.0 Å². The molecule has 0 aliphatic carbocycles. The number of β-amino-alcohol motifs (C(OH)–C–C–N with tert-alkyl or cyclic N) is 1. The van der Waals surface area contributed by atoms with E-state index >= 15 is 0 Å². The lowest BCUT2D eigenvalue weighted by Gasteiger charge is -2.37. The number of halogens is 1. The highest BCUT2D eigenvalue weighted by Gasteiger charge is 2.30. The summed E-state index contributed by atoms with van der Waals surface area (Å²) in [4.78, 5) is 21.9. The summed E-state index contributed by atoms with van der Waals surface area (Å²) in [5, 5.41) is 11.0. The second-order valence-corrected chi connectivity index (χ2v) is 5.94. The smallest absolute Gasteiger partial charge is 0.326 e. The van der Waals surface area contributed by atoms with Crippen molar-refractivity contribution in [2.24, 2.45) is 0 Å². The fourth-order valence-corrected chi connectivity index (χ4v) is 3.01. The molecule has 9 heteroatoms. The Morgan fingerprint density at radius 2 is 2.08 bits per heavy atom. The van der Waals surface area contributed by atoms with E-state index in [-0.39, 0.29) is 12.1 Å². The van der Waals surface area contributed by atoms with Crippen LogP contribution < -0.4 is 9.64 Å². The molecule has 0 amide bonds. The van der Waals surface area contributed by atoms with E-state index in [0.717, 1.165) is 17.5 Å². The van der Waals surface area contributed by atoms with Gasteiger partial charge < -0.3 is 19.7 Å². The molecule has 0 radical (unpaired) electrons. The molecule has 0 bridgehead atoms. The van der Waals surface area contributed by atoms with E-state index < -0.39 is 0 Å². The van der Waals surface area contributed by atoms with Crippen molar-refractivity contribution >= 4 is 28.5 Å². The third-order valence-corrected chi connectivity index (χ3v) is 4.30. The number of nitrogens with zero attached hydrogens (tertiary/aromatic N) is 5. The maximum atomic E-state index is 9.60. The van der Waals surface area contributed by atoms with Crippen molar-refractivity contribution in [1.29, 1.82) is 0 Å². The van der Waals surface area contributed by atoms with E-state index in [9.17, 15) is 5.11 Å². The standard InChI is InChI=1S/C15H15ClN6O2/c1-2-10-12(16)11-13(19-10)20-15(24-9-3-17-7-18-4-9)21-14(11)22-5-8(23)6-22/h3-4,7-8,23H,2,5-6H2,1H3,(H,19,20,21). The van der Waals surface area contributed by atoms with Crippen LogP contribution in [0.15, 0.2) is 18.7 Å². The van der Waals surface area contributed by atoms with Gasteiger partial charge in [0.05, 0.1) is 28.9 Å². The van der Waals surface area contributed by atoms with Crippen LogP contribution in [0.3, 0.4) is 0 Å². The zero-order valence-corrected chi connectivity index (χ0v) is 13.7. The zero-order valence-electron chi connectivity index (χ0n) is 12.9. The molecule has 0 atom stereocenters. The second kappa shape index (κ2) is 5.88. The number of ether oxygens (including phenoxy) is 1. The van der Waals surface area contributed by atoms with Gasteiger partial charge in [0.25, 0.3) is 0 Å².